The Hall–Kier alpha value is -3.81. The second-order valence-electron chi connectivity index (χ2n) is 6.48. The van der Waals surface area contributed by atoms with Crippen molar-refractivity contribution in [3.8, 4) is 23.1 Å². The number of carboxylic acids is 1. The van der Waals surface area contributed by atoms with Crippen molar-refractivity contribution in [1.82, 2.24) is 10.3 Å². The zero-order chi connectivity index (χ0) is 21.0. The second-order valence-corrected chi connectivity index (χ2v) is 6.48. The number of carbonyl (C=O) groups is 2. The molecule has 0 spiro atoms. The van der Waals surface area contributed by atoms with Crippen LogP contribution in [-0.4, -0.2) is 39.7 Å². The van der Waals surface area contributed by atoms with E-state index < -0.39 is 18.4 Å². The summed E-state index contributed by atoms with van der Waals surface area (Å²) in [7, 11) is 0. The van der Waals surface area contributed by atoms with E-state index in [0.717, 1.165) is 0 Å². The van der Waals surface area contributed by atoms with Crippen molar-refractivity contribution in [2.45, 2.75) is 20.0 Å². The maximum Gasteiger partial charge on any atom is 0.322 e. The molecule has 1 amide bonds. The first-order valence-electron chi connectivity index (χ1n) is 8.91. The molecule has 8 heteroatoms. The highest BCUT2D eigenvalue weighted by Gasteiger charge is 2.21. The highest BCUT2D eigenvalue weighted by molar-refractivity contribution is 6.04. The Kier molecular flexibility index (Phi) is 5.82. The Labute approximate surface area is 166 Å². The Morgan fingerprint density at radius 2 is 1.79 bits per heavy atom. The van der Waals surface area contributed by atoms with Crippen LogP contribution in [0.4, 0.5) is 0 Å². The largest absolute Gasteiger partial charge is 0.505 e. The van der Waals surface area contributed by atoms with Gasteiger partial charge >= 0.3 is 5.97 Å². The number of nitrogens with zero attached hydrogens (tertiary/aromatic N) is 1. The van der Waals surface area contributed by atoms with E-state index >= 15 is 0 Å². The fourth-order valence-corrected chi connectivity index (χ4v) is 2.65. The van der Waals surface area contributed by atoms with Gasteiger partial charge in [-0.25, -0.2) is 4.98 Å². The van der Waals surface area contributed by atoms with E-state index in [-0.39, 0.29) is 23.4 Å². The normalized spacial score (nSPS) is 10.7. The van der Waals surface area contributed by atoms with Crippen LogP contribution in [0.25, 0.3) is 10.8 Å². The molecule has 0 saturated carbocycles. The molecule has 2 aromatic carbocycles. The van der Waals surface area contributed by atoms with Crippen LogP contribution in [0.15, 0.2) is 48.5 Å². The van der Waals surface area contributed by atoms with Gasteiger partial charge in [-0.05, 0) is 44.2 Å². The molecule has 150 valence electrons. The van der Waals surface area contributed by atoms with Gasteiger partial charge in [0.25, 0.3) is 5.91 Å². The molecule has 0 fully saturated rings. The lowest BCUT2D eigenvalue weighted by Crippen LogP contribution is -2.30. The number of aromatic nitrogens is 1. The van der Waals surface area contributed by atoms with Gasteiger partial charge in [0.15, 0.2) is 11.4 Å². The minimum absolute atomic E-state index is 0.131. The highest BCUT2D eigenvalue weighted by atomic mass is 16.5. The molecule has 0 aliphatic carbocycles. The third-order valence-electron chi connectivity index (χ3n) is 3.86. The van der Waals surface area contributed by atoms with Crippen molar-refractivity contribution in [3.05, 3.63) is 54.2 Å². The topological polar surface area (TPSA) is 118 Å². The maximum absolute atomic E-state index is 12.3. The van der Waals surface area contributed by atoms with E-state index in [4.69, 9.17) is 14.6 Å². The van der Waals surface area contributed by atoms with Gasteiger partial charge in [0.2, 0.25) is 5.88 Å². The molecule has 3 rings (SSSR count). The lowest BCUT2D eigenvalue weighted by atomic mass is 10.1. The van der Waals surface area contributed by atoms with Crippen molar-refractivity contribution in [2.75, 3.05) is 6.54 Å². The number of fused-ring (bicyclic) bond motifs is 1. The van der Waals surface area contributed by atoms with Gasteiger partial charge in [-0.3, -0.25) is 9.59 Å². The summed E-state index contributed by atoms with van der Waals surface area (Å²) in [5.41, 5.74) is -0.314. The van der Waals surface area contributed by atoms with Gasteiger partial charge < -0.3 is 25.0 Å². The van der Waals surface area contributed by atoms with Crippen LogP contribution in [-0.2, 0) is 4.79 Å². The van der Waals surface area contributed by atoms with Crippen molar-refractivity contribution in [3.63, 3.8) is 0 Å². The Morgan fingerprint density at radius 1 is 1.07 bits per heavy atom. The van der Waals surface area contributed by atoms with E-state index in [1.807, 2.05) is 18.2 Å². The Balaban J connectivity index is 2.05. The predicted octanol–water partition coefficient (Wildman–Crippen LogP) is 3.33. The molecule has 1 aromatic heterocycles. The lowest BCUT2D eigenvalue weighted by Gasteiger charge is -2.15. The average molecular weight is 396 g/mol. The van der Waals surface area contributed by atoms with E-state index in [1.54, 1.807) is 44.2 Å². The van der Waals surface area contributed by atoms with E-state index in [0.29, 0.717) is 22.3 Å². The standard InChI is InChI=1S/C21H20N2O6/c1-12(2)28-21-16-10-14(29-13-6-4-3-5-7-13)8-9-15(16)19(26)18(23-21)20(27)22-11-17(24)25/h3-10,12,26H,11H2,1-2H3,(H,22,27)(H,24,25). The number of aliphatic carboxylic acids is 1. The Morgan fingerprint density at radius 3 is 2.45 bits per heavy atom. The first-order chi connectivity index (χ1) is 13.8. The molecule has 0 aliphatic heterocycles. The van der Waals surface area contributed by atoms with Gasteiger partial charge in [0.1, 0.15) is 18.0 Å². The summed E-state index contributed by atoms with van der Waals surface area (Å²) in [5.74, 6) is -1.12. The molecule has 0 saturated heterocycles. The van der Waals surface area contributed by atoms with E-state index in [2.05, 4.69) is 10.3 Å². The summed E-state index contributed by atoms with van der Waals surface area (Å²) in [6, 6.07) is 14.1. The van der Waals surface area contributed by atoms with Crippen LogP contribution < -0.4 is 14.8 Å². The fourth-order valence-electron chi connectivity index (χ4n) is 2.65. The quantitative estimate of drug-likeness (QED) is 0.560. The minimum atomic E-state index is -1.21. The number of hydrogen-bond donors (Lipinski definition) is 3. The summed E-state index contributed by atoms with van der Waals surface area (Å²) in [6.07, 6.45) is -0.246. The lowest BCUT2D eigenvalue weighted by molar-refractivity contribution is -0.135. The smallest absolute Gasteiger partial charge is 0.322 e. The molecule has 0 atom stereocenters. The van der Waals surface area contributed by atoms with Crippen molar-refractivity contribution in [2.24, 2.45) is 0 Å². The highest BCUT2D eigenvalue weighted by Crippen LogP contribution is 2.37. The number of ether oxygens (including phenoxy) is 2. The molecule has 0 aliphatic rings. The summed E-state index contributed by atoms with van der Waals surface area (Å²) < 4.78 is 11.5. The van der Waals surface area contributed by atoms with Crippen LogP contribution in [0.1, 0.15) is 24.3 Å². The number of carboxylic acid groups (broad SMARTS) is 1. The van der Waals surface area contributed by atoms with Crippen molar-refractivity contribution < 1.29 is 29.3 Å². The van der Waals surface area contributed by atoms with Crippen molar-refractivity contribution in [1.29, 1.82) is 0 Å². The number of amides is 1. The van der Waals surface area contributed by atoms with Crippen LogP contribution in [0.2, 0.25) is 0 Å². The molecule has 8 nitrogen and oxygen atoms in total. The number of para-hydroxylation sites is 1. The maximum atomic E-state index is 12.3. The molecule has 3 N–H and O–H groups in total. The number of hydrogen-bond acceptors (Lipinski definition) is 6. The first kappa shape index (κ1) is 19.9. The third kappa shape index (κ3) is 4.73. The molecular weight excluding hydrogens is 376 g/mol. The number of benzene rings is 2. The zero-order valence-corrected chi connectivity index (χ0v) is 15.9. The SMILES string of the molecule is CC(C)Oc1nc(C(=O)NCC(=O)O)c(O)c2ccc(Oc3ccccc3)cc12. The number of aromatic hydroxyl groups is 1. The number of nitrogens with one attached hydrogen (secondary N) is 1. The van der Waals surface area contributed by atoms with E-state index in [9.17, 15) is 14.7 Å². The van der Waals surface area contributed by atoms with Gasteiger partial charge in [-0.15, -0.1) is 0 Å². The van der Waals surface area contributed by atoms with Crippen molar-refractivity contribution >= 4 is 22.6 Å². The summed E-state index contributed by atoms with van der Waals surface area (Å²) >= 11 is 0. The molecule has 0 unspecified atom stereocenters. The molecule has 0 bridgehead atoms. The molecule has 3 aromatic rings. The molecule has 29 heavy (non-hydrogen) atoms. The molecular formula is C21H20N2O6. The number of pyridine rings is 1. The number of carbonyl (C=O) groups excluding carboxylic acids is 1. The third-order valence-corrected chi connectivity index (χ3v) is 3.86. The Bertz CT molecular complexity index is 1050. The first-order valence-corrected chi connectivity index (χ1v) is 8.91. The predicted molar refractivity (Wildman–Crippen MR) is 106 cm³/mol. The summed E-state index contributed by atoms with van der Waals surface area (Å²) in [4.78, 5) is 27.1. The van der Waals surface area contributed by atoms with Crippen LogP contribution >= 0.6 is 0 Å². The fraction of sp³-hybridized carbons (Fsp3) is 0.190. The summed E-state index contributed by atoms with van der Waals surface area (Å²) in [5, 5.41) is 22.3. The summed E-state index contributed by atoms with van der Waals surface area (Å²) in [6.45, 7) is 3.01. The molecule has 0 radical (unpaired) electrons. The van der Waals surface area contributed by atoms with Crippen LogP contribution in [0.5, 0.6) is 23.1 Å². The molecule has 1 heterocycles. The average Bonchev–Trinajstić information content (AvgIpc) is 2.68. The zero-order valence-electron chi connectivity index (χ0n) is 15.9. The van der Waals surface area contributed by atoms with Crippen LogP contribution in [0.3, 0.4) is 0 Å². The van der Waals surface area contributed by atoms with Gasteiger partial charge in [0, 0.05) is 5.39 Å². The van der Waals surface area contributed by atoms with Gasteiger partial charge in [-0.2, -0.15) is 0 Å². The van der Waals surface area contributed by atoms with E-state index in [1.165, 1.54) is 0 Å². The number of rotatable bonds is 7. The van der Waals surface area contributed by atoms with Crippen LogP contribution in [0, 0.1) is 0 Å². The minimum Gasteiger partial charge on any atom is -0.505 e. The monoisotopic (exact) mass is 396 g/mol. The van der Waals surface area contributed by atoms with Gasteiger partial charge in [-0.1, -0.05) is 18.2 Å². The van der Waals surface area contributed by atoms with Gasteiger partial charge in [0.05, 0.1) is 11.5 Å². The second kappa shape index (κ2) is 8.47.